The van der Waals surface area contributed by atoms with E-state index in [9.17, 15) is 9.90 Å². The largest absolute Gasteiger partial charge is 0.393 e. The Hall–Kier alpha value is -0.940. The van der Waals surface area contributed by atoms with Gasteiger partial charge >= 0.3 is 0 Å². The Morgan fingerprint density at radius 3 is 2.63 bits per heavy atom. The lowest BCUT2D eigenvalue weighted by atomic mass is 9.61. The number of aromatic nitrogens is 1. The molecule has 1 saturated carbocycles. The van der Waals surface area contributed by atoms with Crippen molar-refractivity contribution in [3.05, 3.63) is 28.5 Å². The topological polar surface area (TPSA) is 53.4 Å². The van der Waals surface area contributed by atoms with Gasteiger partial charge in [0.05, 0.1) is 11.7 Å². The highest BCUT2D eigenvalue weighted by Crippen LogP contribution is 2.49. The Morgan fingerprint density at radius 1 is 1.37 bits per heavy atom. The van der Waals surface area contributed by atoms with Crippen molar-refractivity contribution in [2.75, 3.05) is 13.1 Å². The van der Waals surface area contributed by atoms with Crippen molar-refractivity contribution < 1.29 is 9.90 Å². The van der Waals surface area contributed by atoms with Crippen LogP contribution in [0, 0.1) is 5.41 Å². The maximum Gasteiger partial charge on any atom is 0.255 e. The summed E-state index contributed by atoms with van der Waals surface area (Å²) in [7, 11) is 0. The first kappa shape index (κ1) is 13.1. The third-order valence-electron chi connectivity index (χ3n) is 4.62. The number of carbonyl (C=O) groups is 1. The molecule has 1 aromatic rings. The summed E-state index contributed by atoms with van der Waals surface area (Å²) in [6, 6.07) is 1.80. The number of likely N-dealkylation sites (tertiary alicyclic amines) is 1. The summed E-state index contributed by atoms with van der Waals surface area (Å²) in [4.78, 5) is 18.3. The van der Waals surface area contributed by atoms with Crippen molar-refractivity contribution in [1.29, 1.82) is 0 Å². The molecule has 4 nitrogen and oxygen atoms in total. The van der Waals surface area contributed by atoms with Crippen molar-refractivity contribution in [1.82, 2.24) is 9.88 Å². The second kappa shape index (κ2) is 4.87. The number of aliphatic hydroxyl groups is 1. The highest BCUT2D eigenvalue weighted by Gasteiger charge is 2.47. The third kappa shape index (κ3) is 2.30. The highest BCUT2D eigenvalue weighted by atomic mass is 79.9. The average molecular weight is 325 g/mol. The quantitative estimate of drug-likeness (QED) is 0.861. The molecule has 1 unspecified atom stereocenters. The SMILES string of the molecule is O=C(c1cncc(Br)c1)N1CCC2(CCC2O)CC1. The van der Waals surface area contributed by atoms with E-state index >= 15 is 0 Å². The zero-order chi connectivity index (χ0) is 13.5. The summed E-state index contributed by atoms with van der Waals surface area (Å²) < 4.78 is 0.821. The first-order valence-corrected chi connectivity index (χ1v) is 7.48. The summed E-state index contributed by atoms with van der Waals surface area (Å²) in [5.74, 6) is 0.0393. The van der Waals surface area contributed by atoms with Crippen molar-refractivity contribution in [3.63, 3.8) is 0 Å². The van der Waals surface area contributed by atoms with Gasteiger partial charge in [0.1, 0.15) is 0 Å². The maximum absolute atomic E-state index is 12.4. The molecule has 2 aliphatic rings. The third-order valence-corrected chi connectivity index (χ3v) is 5.05. The predicted octanol–water partition coefficient (Wildman–Crippen LogP) is 2.22. The Bertz CT molecular complexity index is 498. The molecule has 0 aromatic carbocycles. The molecule has 1 amide bonds. The highest BCUT2D eigenvalue weighted by molar-refractivity contribution is 9.10. The van der Waals surface area contributed by atoms with Gasteiger partial charge in [-0.05, 0) is 53.1 Å². The first-order valence-electron chi connectivity index (χ1n) is 6.69. The number of pyridine rings is 1. The van der Waals surface area contributed by atoms with Gasteiger partial charge < -0.3 is 10.0 Å². The minimum atomic E-state index is -0.155. The van der Waals surface area contributed by atoms with Gasteiger partial charge in [0.2, 0.25) is 0 Å². The Labute approximate surface area is 121 Å². The number of hydrogen-bond donors (Lipinski definition) is 1. The summed E-state index contributed by atoms with van der Waals surface area (Å²) in [5, 5.41) is 9.88. The summed E-state index contributed by atoms with van der Waals surface area (Å²) in [6.45, 7) is 1.48. The number of amides is 1. The van der Waals surface area contributed by atoms with Gasteiger partial charge in [-0.1, -0.05) is 0 Å². The smallest absolute Gasteiger partial charge is 0.255 e. The second-order valence-corrected chi connectivity index (χ2v) is 6.52. The van der Waals surface area contributed by atoms with E-state index in [0.717, 1.165) is 43.2 Å². The zero-order valence-corrected chi connectivity index (χ0v) is 12.3. The lowest BCUT2D eigenvalue weighted by molar-refractivity contribution is -0.0952. The molecule has 1 saturated heterocycles. The van der Waals surface area contributed by atoms with Crippen molar-refractivity contribution >= 4 is 21.8 Å². The molecule has 2 heterocycles. The first-order chi connectivity index (χ1) is 9.11. The van der Waals surface area contributed by atoms with Gasteiger partial charge in [-0.2, -0.15) is 0 Å². The normalized spacial score (nSPS) is 25.2. The van der Waals surface area contributed by atoms with Crippen LogP contribution < -0.4 is 0 Å². The monoisotopic (exact) mass is 324 g/mol. The van der Waals surface area contributed by atoms with E-state index in [4.69, 9.17) is 0 Å². The van der Waals surface area contributed by atoms with Crippen LogP contribution in [-0.4, -0.2) is 40.1 Å². The van der Waals surface area contributed by atoms with Crippen molar-refractivity contribution in [2.24, 2.45) is 5.41 Å². The zero-order valence-electron chi connectivity index (χ0n) is 10.7. The minimum absolute atomic E-state index is 0.0393. The number of rotatable bonds is 1. The predicted molar refractivity (Wildman–Crippen MR) is 74.7 cm³/mol. The standard InChI is InChI=1S/C14H17BrN2O2/c15-11-7-10(8-16-9-11)13(19)17-5-3-14(4-6-17)2-1-12(14)18/h7-9,12,18H,1-6H2. The molecule has 1 aliphatic heterocycles. The number of aliphatic hydroxyl groups excluding tert-OH is 1. The van der Waals surface area contributed by atoms with Crippen LogP contribution in [0.1, 0.15) is 36.0 Å². The number of halogens is 1. The Balaban J connectivity index is 1.67. The van der Waals surface area contributed by atoms with Gasteiger partial charge in [-0.15, -0.1) is 0 Å². The summed E-state index contributed by atoms with van der Waals surface area (Å²) in [6.07, 6.45) is 6.99. The van der Waals surface area contributed by atoms with Gasteiger partial charge in [-0.25, -0.2) is 0 Å². The van der Waals surface area contributed by atoms with E-state index in [1.807, 2.05) is 4.90 Å². The van der Waals surface area contributed by atoms with Crippen LogP contribution in [0.5, 0.6) is 0 Å². The molecule has 3 rings (SSSR count). The number of piperidine rings is 1. The molecule has 1 N–H and O–H groups in total. The summed E-state index contributed by atoms with van der Waals surface area (Å²) in [5.41, 5.74) is 0.728. The van der Waals surface area contributed by atoms with Gasteiger partial charge in [0.25, 0.3) is 5.91 Å². The van der Waals surface area contributed by atoms with Crippen LogP contribution in [-0.2, 0) is 0 Å². The van der Waals surface area contributed by atoms with Gasteiger partial charge in [0, 0.05) is 30.0 Å². The van der Waals surface area contributed by atoms with E-state index < -0.39 is 0 Å². The van der Waals surface area contributed by atoms with E-state index in [1.54, 1.807) is 18.5 Å². The van der Waals surface area contributed by atoms with Crippen molar-refractivity contribution in [3.8, 4) is 0 Å². The molecule has 0 radical (unpaired) electrons. The Morgan fingerprint density at radius 2 is 2.11 bits per heavy atom. The lowest BCUT2D eigenvalue weighted by Gasteiger charge is -2.51. The number of carbonyl (C=O) groups excluding carboxylic acids is 1. The fourth-order valence-corrected chi connectivity index (χ4v) is 3.50. The molecule has 2 fully saturated rings. The molecular weight excluding hydrogens is 308 g/mol. The van der Waals surface area contributed by atoms with E-state index in [2.05, 4.69) is 20.9 Å². The molecule has 1 atom stereocenters. The van der Waals surface area contributed by atoms with Gasteiger partial charge in [-0.3, -0.25) is 9.78 Å². The van der Waals surface area contributed by atoms with Crippen LogP contribution >= 0.6 is 15.9 Å². The molecule has 102 valence electrons. The van der Waals surface area contributed by atoms with Crippen LogP contribution in [0.25, 0.3) is 0 Å². The molecule has 19 heavy (non-hydrogen) atoms. The minimum Gasteiger partial charge on any atom is -0.393 e. The molecule has 1 aromatic heterocycles. The molecule has 0 bridgehead atoms. The maximum atomic E-state index is 12.4. The van der Waals surface area contributed by atoms with Crippen LogP contribution in [0.2, 0.25) is 0 Å². The van der Waals surface area contributed by atoms with Crippen LogP contribution in [0.3, 0.4) is 0 Å². The second-order valence-electron chi connectivity index (χ2n) is 5.60. The van der Waals surface area contributed by atoms with Crippen molar-refractivity contribution in [2.45, 2.75) is 31.8 Å². The molecular formula is C14H17BrN2O2. The lowest BCUT2D eigenvalue weighted by Crippen LogP contribution is -2.53. The van der Waals surface area contributed by atoms with E-state index in [1.165, 1.54) is 0 Å². The van der Waals surface area contributed by atoms with Crippen LogP contribution in [0.15, 0.2) is 22.9 Å². The molecule has 5 heteroatoms. The number of nitrogens with zero attached hydrogens (tertiary/aromatic N) is 2. The van der Waals surface area contributed by atoms with E-state index in [0.29, 0.717) is 5.56 Å². The number of hydrogen-bond acceptors (Lipinski definition) is 3. The Kier molecular flexibility index (Phi) is 3.35. The van der Waals surface area contributed by atoms with Crippen LogP contribution in [0.4, 0.5) is 0 Å². The fourth-order valence-electron chi connectivity index (χ4n) is 3.13. The fraction of sp³-hybridized carbons (Fsp3) is 0.571. The average Bonchev–Trinajstić information content (AvgIpc) is 2.45. The van der Waals surface area contributed by atoms with E-state index in [-0.39, 0.29) is 17.4 Å². The molecule has 1 spiro atoms. The summed E-state index contributed by atoms with van der Waals surface area (Å²) >= 11 is 3.33. The molecule has 1 aliphatic carbocycles. The van der Waals surface area contributed by atoms with Gasteiger partial charge in [0.15, 0.2) is 0 Å².